The molecule has 0 fully saturated rings. The van der Waals surface area contributed by atoms with Crippen molar-refractivity contribution >= 4 is 5.78 Å². The number of para-hydroxylation sites is 2. The second-order valence-corrected chi connectivity index (χ2v) is 6.06. The Balaban J connectivity index is 2.28. The first kappa shape index (κ1) is 17.8. The van der Waals surface area contributed by atoms with Crippen LogP contribution in [0.4, 0.5) is 13.2 Å². The van der Waals surface area contributed by atoms with Crippen LogP contribution in [0.2, 0.25) is 0 Å². The monoisotopic (exact) mass is 339 g/mol. The number of pyridine rings is 1. The molecule has 0 atom stereocenters. The fourth-order valence-corrected chi connectivity index (χ4v) is 1.90. The molecule has 0 aliphatic carbocycles. The summed E-state index contributed by atoms with van der Waals surface area (Å²) in [4.78, 5) is 16.2. The van der Waals surface area contributed by atoms with Crippen LogP contribution in [-0.2, 0) is 0 Å². The zero-order valence-corrected chi connectivity index (χ0v) is 13.3. The SMILES string of the molecule is CC(C)(C)C(=O)c1ccnc(Oc2ccccc2OC(F)(F)F)c1. The highest BCUT2D eigenvalue weighted by Crippen LogP contribution is 2.34. The molecule has 2 aromatic rings. The topological polar surface area (TPSA) is 48.4 Å². The van der Waals surface area contributed by atoms with Gasteiger partial charge in [-0.2, -0.15) is 0 Å². The third-order valence-corrected chi connectivity index (χ3v) is 2.97. The number of alkyl halides is 3. The Morgan fingerprint density at radius 3 is 2.25 bits per heavy atom. The summed E-state index contributed by atoms with van der Waals surface area (Å²) in [5.74, 6) is -0.764. The number of halogens is 3. The van der Waals surface area contributed by atoms with Crippen LogP contribution in [-0.4, -0.2) is 17.1 Å². The van der Waals surface area contributed by atoms with Gasteiger partial charge >= 0.3 is 6.36 Å². The summed E-state index contributed by atoms with van der Waals surface area (Å²) in [6.07, 6.45) is -3.47. The van der Waals surface area contributed by atoms with E-state index in [0.29, 0.717) is 5.56 Å². The van der Waals surface area contributed by atoms with Gasteiger partial charge in [-0.15, -0.1) is 13.2 Å². The molecule has 0 aliphatic rings. The van der Waals surface area contributed by atoms with Crippen molar-refractivity contribution in [2.24, 2.45) is 5.41 Å². The van der Waals surface area contributed by atoms with Gasteiger partial charge in [0.1, 0.15) is 0 Å². The van der Waals surface area contributed by atoms with Gasteiger partial charge in [0.25, 0.3) is 0 Å². The summed E-state index contributed by atoms with van der Waals surface area (Å²) < 4.78 is 46.6. The van der Waals surface area contributed by atoms with E-state index in [0.717, 1.165) is 6.07 Å². The summed E-state index contributed by atoms with van der Waals surface area (Å²) >= 11 is 0. The number of ketones is 1. The zero-order chi connectivity index (χ0) is 18.0. The lowest BCUT2D eigenvalue weighted by Gasteiger charge is -2.17. The van der Waals surface area contributed by atoms with Crippen LogP contribution in [0.25, 0.3) is 0 Å². The van der Waals surface area contributed by atoms with Crippen molar-refractivity contribution in [3.63, 3.8) is 0 Å². The first-order valence-corrected chi connectivity index (χ1v) is 7.10. The number of hydrogen-bond donors (Lipinski definition) is 0. The molecular formula is C17H16F3NO3. The van der Waals surface area contributed by atoms with Crippen molar-refractivity contribution in [3.05, 3.63) is 48.2 Å². The minimum atomic E-state index is -4.84. The van der Waals surface area contributed by atoms with Crippen LogP contribution in [0.3, 0.4) is 0 Å². The first-order chi connectivity index (χ1) is 11.1. The average molecular weight is 339 g/mol. The molecule has 4 nitrogen and oxygen atoms in total. The fraction of sp³-hybridized carbons (Fsp3) is 0.294. The van der Waals surface area contributed by atoms with E-state index in [2.05, 4.69) is 9.72 Å². The molecule has 0 saturated carbocycles. The quantitative estimate of drug-likeness (QED) is 0.736. The second kappa shape index (κ2) is 6.51. The fourth-order valence-electron chi connectivity index (χ4n) is 1.90. The molecule has 0 radical (unpaired) electrons. The molecule has 1 heterocycles. The Hall–Kier alpha value is -2.57. The van der Waals surface area contributed by atoms with Crippen molar-refractivity contribution in [2.45, 2.75) is 27.1 Å². The number of ether oxygens (including phenoxy) is 2. The van der Waals surface area contributed by atoms with Crippen molar-refractivity contribution < 1.29 is 27.4 Å². The van der Waals surface area contributed by atoms with Crippen LogP contribution in [0, 0.1) is 5.41 Å². The molecule has 0 N–H and O–H groups in total. The maximum Gasteiger partial charge on any atom is 0.573 e. The van der Waals surface area contributed by atoms with E-state index < -0.39 is 17.5 Å². The lowest BCUT2D eigenvalue weighted by Crippen LogP contribution is -2.20. The number of carbonyl (C=O) groups is 1. The number of rotatable bonds is 4. The van der Waals surface area contributed by atoms with E-state index in [4.69, 9.17) is 4.74 Å². The Morgan fingerprint density at radius 2 is 1.67 bits per heavy atom. The van der Waals surface area contributed by atoms with Gasteiger partial charge in [-0.1, -0.05) is 32.9 Å². The van der Waals surface area contributed by atoms with Gasteiger partial charge in [-0.3, -0.25) is 4.79 Å². The Kier molecular flexibility index (Phi) is 4.82. The highest BCUT2D eigenvalue weighted by atomic mass is 19.4. The lowest BCUT2D eigenvalue weighted by atomic mass is 9.87. The molecule has 2 rings (SSSR count). The summed E-state index contributed by atoms with van der Waals surface area (Å²) in [5.41, 5.74) is -0.239. The normalized spacial score (nSPS) is 11.9. The van der Waals surface area contributed by atoms with Crippen LogP contribution in [0.1, 0.15) is 31.1 Å². The van der Waals surface area contributed by atoms with E-state index in [-0.39, 0.29) is 17.4 Å². The smallest absolute Gasteiger partial charge is 0.435 e. The van der Waals surface area contributed by atoms with Gasteiger partial charge in [0, 0.05) is 23.2 Å². The minimum Gasteiger partial charge on any atom is -0.435 e. The third kappa shape index (κ3) is 4.71. The molecule has 24 heavy (non-hydrogen) atoms. The Morgan fingerprint density at radius 1 is 1.04 bits per heavy atom. The molecule has 7 heteroatoms. The van der Waals surface area contributed by atoms with E-state index in [1.54, 1.807) is 20.8 Å². The number of carbonyl (C=O) groups excluding carboxylic acids is 1. The van der Waals surface area contributed by atoms with Crippen LogP contribution < -0.4 is 9.47 Å². The van der Waals surface area contributed by atoms with Crippen molar-refractivity contribution in [3.8, 4) is 17.4 Å². The van der Waals surface area contributed by atoms with Crippen molar-refractivity contribution in [2.75, 3.05) is 0 Å². The van der Waals surface area contributed by atoms with Gasteiger partial charge in [0.15, 0.2) is 17.3 Å². The van der Waals surface area contributed by atoms with Gasteiger partial charge in [-0.05, 0) is 18.2 Å². The molecule has 1 aromatic heterocycles. The van der Waals surface area contributed by atoms with E-state index in [1.807, 2.05) is 0 Å². The number of nitrogens with zero attached hydrogens (tertiary/aromatic N) is 1. The van der Waals surface area contributed by atoms with E-state index >= 15 is 0 Å². The first-order valence-electron chi connectivity index (χ1n) is 7.10. The molecule has 1 aromatic carbocycles. The predicted molar refractivity (Wildman–Crippen MR) is 81.2 cm³/mol. The predicted octanol–water partition coefficient (Wildman–Crippen LogP) is 5.00. The van der Waals surface area contributed by atoms with Crippen LogP contribution in [0.15, 0.2) is 42.6 Å². The van der Waals surface area contributed by atoms with Gasteiger partial charge in [-0.25, -0.2) is 4.98 Å². The molecular weight excluding hydrogens is 323 g/mol. The lowest BCUT2D eigenvalue weighted by molar-refractivity contribution is -0.275. The molecule has 0 aliphatic heterocycles. The highest BCUT2D eigenvalue weighted by Gasteiger charge is 2.32. The second-order valence-electron chi connectivity index (χ2n) is 6.06. The van der Waals surface area contributed by atoms with E-state index in [1.165, 1.54) is 36.5 Å². The number of benzene rings is 1. The molecule has 0 unspecified atom stereocenters. The highest BCUT2D eigenvalue weighted by molar-refractivity contribution is 5.99. The largest absolute Gasteiger partial charge is 0.573 e. The molecule has 0 amide bonds. The zero-order valence-electron chi connectivity index (χ0n) is 13.3. The van der Waals surface area contributed by atoms with E-state index in [9.17, 15) is 18.0 Å². The molecule has 0 bridgehead atoms. The third-order valence-electron chi connectivity index (χ3n) is 2.97. The summed E-state index contributed by atoms with van der Waals surface area (Å²) in [7, 11) is 0. The summed E-state index contributed by atoms with van der Waals surface area (Å²) in [6.45, 7) is 5.30. The minimum absolute atomic E-state index is 0.00308. The van der Waals surface area contributed by atoms with Crippen LogP contribution >= 0.6 is 0 Å². The molecule has 128 valence electrons. The average Bonchev–Trinajstić information content (AvgIpc) is 2.46. The summed E-state index contributed by atoms with van der Waals surface area (Å²) in [5, 5.41) is 0. The number of Topliss-reactive ketones (excluding diaryl/α,β-unsaturated/α-hetero) is 1. The van der Waals surface area contributed by atoms with Gasteiger partial charge in [0.2, 0.25) is 5.88 Å². The Labute approximate surface area is 137 Å². The van der Waals surface area contributed by atoms with Gasteiger partial charge in [0.05, 0.1) is 0 Å². The van der Waals surface area contributed by atoms with Crippen LogP contribution in [0.5, 0.6) is 17.4 Å². The Bertz CT molecular complexity index is 736. The molecule has 0 spiro atoms. The standard InChI is InChI=1S/C17H16F3NO3/c1-16(2,3)15(22)11-8-9-21-14(10-11)23-12-6-4-5-7-13(12)24-17(18,19)20/h4-10H,1-3H3. The van der Waals surface area contributed by atoms with Crippen molar-refractivity contribution in [1.82, 2.24) is 4.98 Å². The number of aromatic nitrogens is 1. The maximum absolute atomic E-state index is 12.4. The summed E-state index contributed by atoms with van der Waals surface area (Å²) in [6, 6.07) is 8.26. The van der Waals surface area contributed by atoms with Crippen molar-refractivity contribution in [1.29, 1.82) is 0 Å². The van der Waals surface area contributed by atoms with Gasteiger partial charge < -0.3 is 9.47 Å². The number of hydrogen-bond acceptors (Lipinski definition) is 4. The maximum atomic E-state index is 12.4. The molecule has 0 saturated heterocycles.